The van der Waals surface area contributed by atoms with E-state index < -0.39 is 0 Å². The second-order valence-electron chi connectivity index (χ2n) is 4.18. The average molecular weight is 282 g/mol. The monoisotopic (exact) mass is 283 g/mol. The van der Waals surface area contributed by atoms with Gasteiger partial charge in [-0.15, -0.1) is 0 Å². The van der Waals surface area contributed by atoms with Crippen LogP contribution in [0.15, 0.2) is 30.3 Å². The van der Waals surface area contributed by atoms with Gasteiger partial charge in [0.05, 0.1) is 0 Å². The van der Waals surface area contributed by atoms with Crippen molar-refractivity contribution in [3.8, 4) is 0 Å². The van der Waals surface area contributed by atoms with Crippen molar-refractivity contribution < 1.29 is 4.79 Å². The van der Waals surface area contributed by atoms with Crippen molar-refractivity contribution in [2.45, 2.75) is 38.1 Å². The molecule has 1 N–H and O–H groups in total. The van der Waals surface area contributed by atoms with Crippen LogP contribution in [0.4, 0.5) is 4.79 Å². The van der Waals surface area contributed by atoms with Gasteiger partial charge in [-0.3, -0.25) is 0 Å². The summed E-state index contributed by atoms with van der Waals surface area (Å²) in [4.78, 5) is 12.0. The molecule has 1 aliphatic rings. The Morgan fingerprint density at radius 1 is 1.12 bits per heavy atom. The number of hydrogen-bond donors (Lipinski definition) is 1. The van der Waals surface area contributed by atoms with E-state index in [0.29, 0.717) is 6.04 Å². The van der Waals surface area contributed by atoms with E-state index in [-0.39, 0.29) is 19.8 Å². The summed E-state index contributed by atoms with van der Waals surface area (Å²) in [5.41, 5.74) is 0. The van der Waals surface area contributed by atoms with Gasteiger partial charge in [0.2, 0.25) is 0 Å². The average Bonchev–Trinajstić information content (AvgIpc) is 2.31. The van der Waals surface area contributed by atoms with Crippen LogP contribution in [0.1, 0.15) is 32.1 Å². The molecule has 1 aliphatic carbocycles. The SMILES string of the molecule is O=C(NC1CCCCC1)[Se]c1ccccc1. The Hall–Kier alpha value is -0.791. The van der Waals surface area contributed by atoms with Crippen LogP contribution in [0.25, 0.3) is 0 Å². The van der Waals surface area contributed by atoms with Crippen molar-refractivity contribution in [2.75, 3.05) is 0 Å². The number of nitrogens with one attached hydrogen (secondary N) is 1. The first kappa shape index (κ1) is 11.7. The molecule has 86 valence electrons. The van der Waals surface area contributed by atoms with E-state index in [4.69, 9.17) is 0 Å². The van der Waals surface area contributed by atoms with E-state index >= 15 is 0 Å². The molecule has 1 amide bonds. The molecule has 2 rings (SSSR count). The molecule has 0 bridgehead atoms. The van der Waals surface area contributed by atoms with Gasteiger partial charge in [0.15, 0.2) is 0 Å². The molecule has 2 nitrogen and oxygen atoms in total. The van der Waals surface area contributed by atoms with E-state index in [1.807, 2.05) is 30.3 Å². The molecule has 0 radical (unpaired) electrons. The molecule has 0 saturated heterocycles. The third kappa shape index (κ3) is 3.66. The molecule has 0 heterocycles. The summed E-state index contributed by atoms with van der Waals surface area (Å²) in [6, 6.07) is 10.5. The topological polar surface area (TPSA) is 29.1 Å². The van der Waals surface area contributed by atoms with Crippen LogP contribution in [0.2, 0.25) is 0 Å². The predicted molar refractivity (Wildman–Crippen MR) is 67.2 cm³/mol. The number of carbonyl (C=O) groups excluding carboxylic acids is 1. The summed E-state index contributed by atoms with van der Waals surface area (Å²) in [6.45, 7) is 0. The maximum atomic E-state index is 11.8. The van der Waals surface area contributed by atoms with Crippen LogP contribution < -0.4 is 9.78 Å². The zero-order valence-corrected chi connectivity index (χ0v) is 11.0. The molecular formula is C13H17NOSe. The Labute approximate surface area is 103 Å². The van der Waals surface area contributed by atoms with Gasteiger partial charge in [0.25, 0.3) is 0 Å². The fourth-order valence-corrected chi connectivity index (χ4v) is 3.58. The molecule has 1 aromatic rings. The molecule has 0 aromatic heterocycles. The van der Waals surface area contributed by atoms with Crippen LogP contribution in [0.3, 0.4) is 0 Å². The normalized spacial score (nSPS) is 17.0. The number of benzene rings is 1. The Kier molecular flexibility index (Phi) is 4.43. The Bertz CT molecular complexity index is 333. The summed E-state index contributed by atoms with van der Waals surface area (Å²) >= 11 is -0.0707. The van der Waals surface area contributed by atoms with Crippen LogP contribution in [0, 0.1) is 0 Å². The van der Waals surface area contributed by atoms with Gasteiger partial charge in [-0.05, 0) is 0 Å². The predicted octanol–water partition coefficient (Wildman–Crippen LogP) is 2.06. The van der Waals surface area contributed by atoms with Crippen molar-refractivity contribution in [1.82, 2.24) is 5.32 Å². The van der Waals surface area contributed by atoms with Gasteiger partial charge in [0.1, 0.15) is 0 Å². The van der Waals surface area contributed by atoms with Crippen LogP contribution in [-0.4, -0.2) is 25.8 Å². The summed E-state index contributed by atoms with van der Waals surface area (Å²) in [5, 5.41) is 3.16. The van der Waals surface area contributed by atoms with Gasteiger partial charge < -0.3 is 0 Å². The molecule has 16 heavy (non-hydrogen) atoms. The quantitative estimate of drug-likeness (QED) is 0.845. The zero-order chi connectivity index (χ0) is 11.2. The summed E-state index contributed by atoms with van der Waals surface area (Å²) in [5.74, 6) is 0. The number of carbonyl (C=O) groups is 1. The number of amides is 1. The third-order valence-electron chi connectivity index (χ3n) is 2.88. The fourth-order valence-electron chi connectivity index (χ4n) is 2.04. The summed E-state index contributed by atoms with van der Waals surface area (Å²) < 4.78 is 1.16. The molecule has 3 heteroatoms. The van der Waals surface area contributed by atoms with E-state index in [9.17, 15) is 4.79 Å². The minimum atomic E-state index is -0.0707. The maximum absolute atomic E-state index is 11.8. The van der Waals surface area contributed by atoms with Crippen LogP contribution >= 0.6 is 0 Å². The van der Waals surface area contributed by atoms with E-state index in [1.165, 1.54) is 19.3 Å². The van der Waals surface area contributed by atoms with Crippen molar-refractivity contribution in [1.29, 1.82) is 0 Å². The molecular weight excluding hydrogens is 265 g/mol. The molecule has 1 fully saturated rings. The zero-order valence-electron chi connectivity index (χ0n) is 9.32. The molecule has 0 aliphatic heterocycles. The number of rotatable bonds is 3. The first-order valence-electron chi connectivity index (χ1n) is 5.88. The van der Waals surface area contributed by atoms with Crippen LogP contribution in [0.5, 0.6) is 0 Å². The van der Waals surface area contributed by atoms with Gasteiger partial charge in [-0.2, -0.15) is 0 Å². The fraction of sp³-hybridized carbons (Fsp3) is 0.462. The summed E-state index contributed by atoms with van der Waals surface area (Å²) in [6.07, 6.45) is 6.19. The first-order chi connectivity index (χ1) is 7.84. The van der Waals surface area contributed by atoms with Crippen molar-refractivity contribution >= 4 is 24.2 Å². The van der Waals surface area contributed by atoms with E-state index in [0.717, 1.165) is 17.3 Å². The second-order valence-corrected chi connectivity index (χ2v) is 6.38. The standard InChI is InChI=1S/C13H17NOSe/c15-13(14-11-7-3-1-4-8-11)16-12-9-5-2-6-10-12/h2,5-6,9-11H,1,3-4,7-8H2,(H,14,15). The van der Waals surface area contributed by atoms with Crippen molar-refractivity contribution in [3.05, 3.63) is 30.3 Å². The van der Waals surface area contributed by atoms with Crippen molar-refractivity contribution in [2.24, 2.45) is 0 Å². The molecule has 1 saturated carbocycles. The molecule has 0 unspecified atom stereocenters. The van der Waals surface area contributed by atoms with E-state index in [2.05, 4.69) is 5.32 Å². The van der Waals surface area contributed by atoms with E-state index in [1.54, 1.807) is 0 Å². The third-order valence-corrected chi connectivity index (χ3v) is 4.58. The van der Waals surface area contributed by atoms with Crippen molar-refractivity contribution in [3.63, 3.8) is 0 Å². The van der Waals surface area contributed by atoms with Gasteiger partial charge in [0, 0.05) is 0 Å². The Balaban J connectivity index is 1.80. The van der Waals surface area contributed by atoms with Gasteiger partial charge in [-0.25, -0.2) is 0 Å². The Morgan fingerprint density at radius 2 is 1.81 bits per heavy atom. The molecule has 0 spiro atoms. The minimum absolute atomic E-state index is 0.0707. The van der Waals surface area contributed by atoms with Gasteiger partial charge in [-0.1, -0.05) is 0 Å². The Morgan fingerprint density at radius 3 is 2.50 bits per heavy atom. The first-order valence-corrected chi connectivity index (χ1v) is 7.59. The summed E-state index contributed by atoms with van der Waals surface area (Å²) in [7, 11) is 0. The number of hydrogen-bond acceptors (Lipinski definition) is 1. The van der Waals surface area contributed by atoms with Gasteiger partial charge >= 0.3 is 103 Å². The second kappa shape index (κ2) is 6.07. The van der Waals surface area contributed by atoms with Crippen LogP contribution in [-0.2, 0) is 0 Å². The molecule has 1 aromatic carbocycles. The molecule has 0 atom stereocenters.